The molecule has 98 valence electrons. The first-order chi connectivity index (χ1) is 8.02. The zero-order valence-corrected chi connectivity index (χ0v) is 10.7. The van der Waals surface area contributed by atoms with Crippen LogP contribution in [0.2, 0.25) is 0 Å². The molecule has 2 N–H and O–H groups in total. The van der Waals surface area contributed by atoms with Gasteiger partial charge in [0.05, 0.1) is 7.11 Å². The highest BCUT2D eigenvalue weighted by atomic mass is 16.5. The van der Waals surface area contributed by atoms with Crippen molar-refractivity contribution >= 4 is 12.1 Å². The van der Waals surface area contributed by atoms with Gasteiger partial charge in [0.1, 0.15) is 0 Å². The molecule has 6 heteroatoms. The van der Waals surface area contributed by atoms with E-state index in [4.69, 9.17) is 0 Å². The van der Waals surface area contributed by atoms with Gasteiger partial charge in [-0.05, 0) is 26.7 Å². The van der Waals surface area contributed by atoms with Crippen LogP contribution in [0.4, 0.5) is 9.59 Å². The zero-order chi connectivity index (χ0) is 12.8. The number of nitrogens with one attached hydrogen (secondary N) is 2. The number of urea groups is 1. The lowest BCUT2D eigenvalue weighted by molar-refractivity contribution is 0.110. The molecular formula is C11H21N3O3. The van der Waals surface area contributed by atoms with Gasteiger partial charge in [-0.1, -0.05) is 0 Å². The average molecular weight is 243 g/mol. The Morgan fingerprint density at radius 1 is 1.29 bits per heavy atom. The topological polar surface area (TPSA) is 70.7 Å². The third-order valence-electron chi connectivity index (χ3n) is 2.68. The van der Waals surface area contributed by atoms with Gasteiger partial charge in [-0.25, -0.2) is 9.59 Å². The summed E-state index contributed by atoms with van der Waals surface area (Å²) in [6.45, 7) is 5.08. The minimum atomic E-state index is -0.296. The van der Waals surface area contributed by atoms with Gasteiger partial charge in [0, 0.05) is 25.2 Å². The molecule has 3 amide bonds. The number of hydrogen-bond acceptors (Lipinski definition) is 3. The number of ether oxygens (including phenoxy) is 1. The predicted octanol–water partition coefficient (Wildman–Crippen LogP) is 0.925. The molecule has 0 aromatic rings. The molecule has 6 nitrogen and oxygen atoms in total. The van der Waals surface area contributed by atoms with E-state index in [1.54, 1.807) is 4.90 Å². The molecule has 0 bridgehead atoms. The molecule has 0 aromatic carbocycles. The average Bonchev–Trinajstić information content (AvgIpc) is 2.28. The molecule has 0 aliphatic carbocycles. The van der Waals surface area contributed by atoms with Crippen LogP contribution in [0.15, 0.2) is 0 Å². The second-order valence-electron chi connectivity index (χ2n) is 4.50. The molecule has 1 aliphatic heterocycles. The highest BCUT2D eigenvalue weighted by Gasteiger charge is 2.24. The Bertz CT molecular complexity index is 273. The summed E-state index contributed by atoms with van der Waals surface area (Å²) in [7, 11) is 1.38. The fourth-order valence-electron chi connectivity index (χ4n) is 1.82. The standard InChI is InChI=1S/C11H21N3O3/c1-8(2)12-10(15)13-9-4-6-14(7-5-9)11(16)17-3/h8-9H,4-7H2,1-3H3,(H2,12,13,15). The lowest BCUT2D eigenvalue weighted by Crippen LogP contribution is -2.50. The van der Waals surface area contributed by atoms with Crippen LogP contribution in [0.5, 0.6) is 0 Å². The third-order valence-corrected chi connectivity index (χ3v) is 2.68. The molecular weight excluding hydrogens is 222 g/mol. The summed E-state index contributed by atoms with van der Waals surface area (Å²) in [5.74, 6) is 0. The Hall–Kier alpha value is -1.46. The first-order valence-corrected chi connectivity index (χ1v) is 5.93. The molecule has 0 unspecified atom stereocenters. The summed E-state index contributed by atoms with van der Waals surface area (Å²) in [4.78, 5) is 24.4. The molecule has 1 rings (SSSR count). The van der Waals surface area contributed by atoms with Crippen molar-refractivity contribution in [3.05, 3.63) is 0 Å². The Balaban J connectivity index is 2.27. The van der Waals surface area contributed by atoms with Gasteiger partial charge < -0.3 is 20.3 Å². The highest BCUT2D eigenvalue weighted by Crippen LogP contribution is 2.11. The monoisotopic (exact) mass is 243 g/mol. The summed E-state index contributed by atoms with van der Waals surface area (Å²) >= 11 is 0. The summed E-state index contributed by atoms with van der Waals surface area (Å²) in [5.41, 5.74) is 0. The lowest BCUT2D eigenvalue weighted by Gasteiger charge is -2.31. The summed E-state index contributed by atoms with van der Waals surface area (Å²) in [6.07, 6.45) is 1.23. The van der Waals surface area contributed by atoms with E-state index >= 15 is 0 Å². The smallest absolute Gasteiger partial charge is 0.409 e. The van der Waals surface area contributed by atoms with Crippen molar-refractivity contribution in [2.45, 2.75) is 38.8 Å². The van der Waals surface area contributed by atoms with E-state index < -0.39 is 0 Å². The maximum Gasteiger partial charge on any atom is 0.409 e. The Morgan fingerprint density at radius 3 is 2.35 bits per heavy atom. The molecule has 0 saturated carbocycles. The number of nitrogens with zero attached hydrogens (tertiary/aromatic N) is 1. The van der Waals surface area contributed by atoms with Crippen LogP contribution in [-0.2, 0) is 4.74 Å². The molecule has 0 spiro atoms. The number of methoxy groups -OCH3 is 1. The number of likely N-dealkylation sites (tertiary alicyclic amines) is 1. The number of piperidine rings is 1. The number of amides is 3. The third kappa shape index (κ3) is 4.50. The normalized spacial score (nSPS) is 16.8. The van der Waals surface area contributed by atoms with Gasteiger partial charge in [0.25, 0.3) is 0 Å². The molecule has 0 radical (unpaired) electrons. The minimum absolute atomic E-state index is 0.130. The van der Waals surface area contributed by atoms with Gasteiger partial charge in [-0.3, -0.25) is 0 Å². The fourth-order valence-corrected chi connectivity index (χ4v) is 1.82. The molecule has 0 atom stereocenters. The van der Waals surface area contributed by atoms with Crippen LogP contribution in [-0.4, -0.2) is 49.3 Å². The van der Waals surface area contributed by atoms with Crippen LogP contribution < -0.4 is 10.6 Å². The predicted molar refractivity (Wildman–Crippen MR) is 63.8 cm³/mol. The van der Waals surface area contributed by atoms with Crippen molar-refractivity contribution in [3.8, 4) is 0 Å². The van der Waals surface area contributed by atoms with E-state index in [0.717, 1.165) is 12.8 Å². The molecule has 1 aliphatic rings. The minimum Gasteiger partial charge on any atom is -0.453 e. The molecule has 17 heavy (non-hydrogen) atoms. The maximum atomic E-state index is 11.5. The van der Waals surface area contributed by atoms with Crippen molar-refractivity contribution in [2.24, 2.45) is 0 Å². The van der Waals surface area contributed by atoms with E-state index in [1.165, 1.54) is 7.11 Å². The number of carbonyl (C=O) groups excluding carboxylic acids is 2. The van der Waals surface area contributed by atoms with Crippen LogP contribution >= 0.6 is 0 Å². The van der Waals surface area contributed by atoms with Gasteiger partial charge in [-0.2, -0.15) is 0 Å². The van der Waals surface area contributed by atoms with E-state index in [-0.39, 0.29) is 24.2 Å². The molecule has 1 heterocycles. The van der Waals surface area contributed by atoms with Crippen molar-refractivity contribution in [3.63, 3.8) is 0 Å². The second-order valence-corrected chi connectivity index (χ2v) is 4.50. The molecule has 0 aromatic heterocycles. The Morgan fingerprint density at radius 2 is 1.88 bits per heavy atom. The van der Waals surface area contributed by atoms with Crippen molar-refractivity contribution < 1.29 is 14.3 Å². The number of hydrogen-bond donors (Lipinski definition) is 2. The van der Waals surface area contributed by atoms with Crippen LogP contribution in [0.1, 0.15) is 26.7 Å². The van der Waals surface area contributed by atoms with Crippen molar-refractivity contribution in [1.29, 1.82) is 0 Å². The SMILES string of the molecule is COC(=O)N1CCC(NC(=O)NC(C)C)CC1. The van der Waals surface area contributed by atoms with Gasteiger partial charge in [0.2, 0.25) is 0 Å². The largest absolute Gasteiger partial charge is 0.453 e. The number of carbonyl (C=O) groups is 2. The van der Waals surface area contributed by atoms with Gasteiger partial charge in [-0.15, -0.1) is 0 Å². The number of rotatable bonds is 2. The first-order valence-electron chi connectivity index (χ1n) is 5.93. The van der Waals surface area contributed by atoms with E-state index in [9.17, 15) is 9.59 Å². The summed E-state index contributed by atoms with van der Waals surface area (Å²) in [5, 5.41) is 5.68. The maximum absolute atomic E-state index is 11.5. The molecule has 1 fully saturated rings. The van der Waals surface area contributed by atoms with Gasteiger partial charge >= 0.3 is 12.1 Å². The Labute approximate surface area is 102 Å². The van der Waals surface area contributed by atoms with Crippen molar-refractivity contribution in [2.75, 3.05) is 20.2 Å². The van der Waals surface area contributed by atoms with E-state index in [0.29, 0.717) is 13.1 Å². The zero-order valence-electron chi connectivity index (χ0n) is 10.7. The lowest BCUT2D eigenvalue weighted by atomic mass is 10.1. The molecule has 1 saturated heterocycles. The van der Waals surface area contributed by atoms with E-state index in [1.807, 2.05) is 13.8 Å². The van der Waals surface area contributed by atoms with E-state index in [2.05, 4.69) is 15.4 Å². The van der Waals surface area contributed by atoms with Crippen molar-refractivity contribution in [1.82, 2.24) is 15.5 Å². The van der Waals surface area contributed by atoms with Crippen LogP contribution in [0, 0.1) is 0 Å². The quantitative estimate of drug-likeness (QED) is 0.757. The first kappa shape index (κ1) is 13.6. The second kappa shape index (κ2) is 6.32. The Kier molecular flexibility index (Phi) is 5.06. The highest BCUT2D eigenvalue weighted by molar-refractivity contribution is 5.74. The summed E-state index contributed by atoms with van der Waals surface area (Å²) in [6, 6.07) is 0.122. The van der Waals surface area contributed by atoms with Gasteiger partial charge in [0.15, 0.2) is 0 Å². The van der Waals surface area contributed by atoms with Crippen LogP contribution in [0.3, 0.4) is 0 Å². The van der Waals surface area contributed by atoms with Crippen LogP contribution in [0.25, 0.3) is 0 Å². The summed E-state index contributed by atoms with van der Waals surface area (Å²) < 4.78 is 4.65. The fraction of sp³-hybridized carbons (Fsp3) is 0.818.